The van der Waals surface area contributed by atoms with E-state index in [9.17, 15) is 5.11 Å². The van der Waals surface area contributed by atoms with Gasteiger partial charge in [0.05, 0.1) is 5.60 Å². The molecule has 2 aliphatic rings. The van der Waals surface area contributed by atoms with E-state index in [1.54, 1.807) is 0 Å². The molecule has 1 nitrogen and oxygen atoms in total. The van der Waals surface area contributed by atoms with Crippen molar-refractivity contribution in [3.05, 3.63) is 30.3 Å². The number of rotatable bonds is 3. The first kappa shape index (κ1) is 12.6. The maximum atomic E-state index is 10.9. The van der Waals surface area contributed by atoms with Gasteiger partial charge >= 0.3 is 0 Å². The first-order valence-corrected chi connectivity index (χ1v) is 8.18. The highest BCUT2D eigenvalue weighted by Gasteiger charge is 2.49. The van der Waals surface area contributed by atoms with Gasteiger partial charge in [-0.2, -0.15) is 0 Å². The minimum absolute atomic E-state index is 0.333. The van der Waals surface area contributed by atoms with Crippen LogP contribution in [0.25, 0.3) is 0 Å². The van der Waals surface area contributed by atoms with Gasteiger partial charge in [0, 0.05) is 10.6 Å². The molecule has 0 heterocycles. The highest BCUT2D eigenvalue weighted by atomic mass is 32.2. The fourth-order valence-corrected chi connectivity index (χ4v) is 4.98. The monoisotopic (exact) mass is 262 g/mol. The molecule has 0 radical (unpaired) electrons. The summed E-state index contributed by atoms with van der Waals surface area (Å²) in [6.07, 6.45) is 7.31. The van der Waals surface area contributed by atoms with E-state index in [2.05, 4.69) is 30.3 Å². The van der Waals surface area contributed by atoms with Crippen LogP contribution in [0.4, 0.5) is 0 Å². The van der Waals surface area contributed by atoms with Gasteiger partial charge in [-0.3, -0.25) is 0 Å². The van der Waals surface area contributed by atoms with Crippen molar-refractivity contribution in [2.45, 2.75) is 49.0 Å². The average Bonchev–Trinajstić information content (AvgIpc) is 2.74. The minimum atomic E-state index is -0.333. The zero-order chi connectivity index (χ0) is 12.4. The second kappa shape index (κ2) is 5.26. The summed E-state index contributed by atoms with van der Waals surface area (Å²) in [6, 6.07) is 10.6. The molecule has 0 spiro atoms. The summed E-state index contributed by atoms with van der Waals surface area (Å²) >= 11 is 1.91. The Bertz CT molecular complexity index is 391. The van der Waals surface area contributed by atoms with E-state index in [4.69, 9.17) is 0 Å². The second-order valence-corrected chi connectivity index (χ2v) is 6.93. The van der Waals surface area contributed by atoms with Crippen LogP contribution in [-0.2, 0) is 0 Å². The molecule has 2 heteroatoms. The van der Waals surface area contributed by atoms with E-state index >= 15 is 0 Å². The lowest BCUT2D eigenvalue weighted by atomic mass is 9.74. The third-order valence-electron chi connectivity index (χ3n) is 4.85. The van der Waals surface area contributed by atoms with E-state index in [-0.39, 0.29) is 5.60 Å². The lowest BCUT2D eigenvalue weighted by Crippen LogP contribution is -2.42. The number of aliphatic hydroxyl groups is 1. The van der Waals surface area contributed by atoms with Crippen LogP contribution < -0.4 is 0 Å². The third kappa shape index (κ3) is 2.33. The Balaban J connectivity index is 1.63. The van der Waals surface area contributed by atoms with E-state index in [1.165, 1.54) is 37.0 Å². The predicted molar refractivity (Wildman–Crippen MR) is 76.8 cm³/mol. The normalized spacial score (nSPS) is 35.4. The zero-order valence-corrected chi connectivity index (χ0v) is 11.7. The summed E-state index contributed by atoms with van der Waals surface area (Å²) in [7, 11) is 0. The molecule has 98 valence electrons. The van der Waals surface area contributed by atoms with Crippen LogP contribution in [0.1, 0.15) is 38.5 Å². The Morgan fingerprint density at radius 1 is 1.11 bits per heavy atom. The number of hydrogen-bond acceptors (Lipinski definition) is 2. The zero-order valence-electron chi connectivity index (χ0n) is 10.8. The summed E-state index contributed by atoms with van der Waals surface area (Å²) < 4.78 is 0. The van der Waals surface area contributed by atoms with Crippen molar-refractivity contribution >= 4 is 11.8 Å². The van der Waals surface area contributed by atoms with Gasteiger partial charge in [0.2, 0.25) is 0 Å². The Morgan fingerprint density at radius 2 is 1.94 bits per heavy atom. The van der Waals surface area contributed by atoms with Gasteiger partial charge in [0.25, 0.3) is 0 Å². The van der Waals surface area contributed by atoms with E-state index in [0.717, 1.165) is 12.2 Å². The van der Waals surface area contributed by atoms with Gasteiger partial charge in [0.1, 0.15) is 0 Å². The lowest BCUT2D eigenvalue weighted by molar-refractivity contribution is -0.0558. The van der Waals surface area contributed by atoms with Crippen LogP contribution in [0.5, 0.6) is 0 Å². The molecule has 18 heavy (non-hydrogen) atoms. The van der Waals surface area contributed by atoms with Gasteiger partial charge in [0.15, 0.2) is 0 Å². The molecule has 1 N–H and O–H groups in total. The first-order valence-electron chi connectivity index (χ1n) is 7.19. The van der Waals surface area contributed by atoms with Crippen molar-refractivity contribution in [2.24, 2.45) is 11.8 Å². The number of hydrogen-bond donors (Lipinski definition) is 1. The molecular weight excluding hydrogens is 240 g/mol. The predicted octanol–water partition coefficient (Wildman–Crippen LogP) is 4.11. The van der Waals surface area contributed by atoms with E-state index in [0.29, 0.717) is 11.8 Å². The standard InChI is InChI=1S/C16H22OS/c17-16-11-5-4-6-13(16)9-10-14(16)12-18-15-7-2-1-3-8-15/h1-3,7-8,13-14,17H,4-6,9-12H2/t13-,14+,16-/m1/s1. The third-order valence-corrected chi connectivity index (χ3v) is 6.03. The molecular formula is C16H22OS. The number of benzene rings is 1. The van der Waals surface area contributed by atoms with Crippen LogP contribution in [-0.4, -0.2) is 16.5 Å². The van der Waals surface area contributed by atoms with Gasteiger partial charge in [-0.05, 0) is 49.7 Å². The van der Waals surface area contributed by atoms with Crippen molar-refractivity contribution in [2.75, 3.05) is 5.75 Å². The maximum Gasteiger partial charge on any atom is 0.0711 e. The highest BCUT2D eigenvalue weighted by molar-refractivity contribution is 7.99. The van der Waals surface area contributed by atoms with Crippen molar-refractivity contribution in [1.82, 2.24) is 0 Å². The smallest absolute Gasteiger partial charge is 0.0711 e. The first-order chi connectivity index (χ1) is 8.79. The van der Waals surface area contributed by atoms with Crippen LogP contribution in [0, 0.1) is 11.8 Å². The largest absolute Gasteiger partial charge is 0.389 e. The summed E-state index contributed by atoms with van der Waals surface area (Å²) in [5.41, 5.74) is -0.333. The van der Waals surface area contributed by atoms with Crippen molar-refractivity contribution in [3.63, 3.8) is 0 Å². The van der Waals surface area contributed by atoms with Crippen LogP contribution in [0.3, 0.4) is 0 Å². The molecule has 0 amide bonds. The molecule has 0 bridgehead atoms. The maximum absolute atomic E-state index is 10.9. The van der Waals surface area contributed by atoms with Crippen LogP contribution in [0.15, 0.2) is 35.2 Å². The Kier molecular flexibility index (Phi) is 3.67. The fourth-order valence-electron chi connectivity index (χ4n) is 3.78. The fraction of sp³-hybridized carbons (Fsp3) is 0.625. The van der Waals surface area contributed by atoms with Crippen LogP contribution in [0.2, 0.25) is 0 Å². The van der Waals surface area contributed by atoms with Crippen LogP contribution >= 0.6 is 11.8 Å². The van der Waals surface area contributed by atoms with E-state index < -0.39 is 0 Å². The van der Waals surface area contributed by atoms with Crippen molar-refractivity contribution < 1.29 is 5.11 Å². The Morgan fingerprint density at radius 3 is 2.78 bits per heavy atom. The molecule has 0 aliphatic heterocycles. The minimum Gasteiger partial charge on any atom is -0.389 e. The van der Waals surface area contributed by atoms with Crippen molar-refractivity contribution in [3.8, 4) is 0 Å². The molecule has 3 atom stereocenters. The quantitative estimate of drug-likeness (QED) is 0.827. The molecule has 1 aromatic rings. The summed E-state index contributed by atoms with van der Waals surface area (Å²) in [5.74, 6) is 2.18. The van der Waals surface area contributed by atoms with Gasteiger partial charge in [-0.1, -0.05) is 31.0 Å². The Hall–Kier alpha value is -0.470. The summed E-state index contributed by atoms with van der Waals surface area (Å²) in [5, 5.41) is 10.9. The molecule has 2 saturated carbocycles. The summed E-state index contributed by atoms with van der Waals surface area (Å²) in [6.45, 7) is 0. The van der Waals surface area contributed by atoms with Gasteiger partial charge in [-0.25, -0.2) is 0 Å². The number of thioether (sulfide) groups is 1. The second-order valence-electron chi connectivity index (χ2n) is 5.83. The van der Waals surface area contributed by atoms with Gasteiger partial charge < -0.3 is 5.11 Å². The molecule has 0 saturated heterocycles. The van der Waals surface area contributed by atoms with Gasteiger partial charge in [-0.15, -0.1) is 11.8 Å². The molecule has 3 rings (SSSR count). The SMILES string of the molecule is O[C@]12CCCC[C@@H]1CC[C@H]2CSc1ccccc1. The van der Waals surface area contributed by atoms with Crippen molar-refractivity contribution in [1.29, 1.82) is 0 Å². The Labute approximate surface area is 114 Å². The average molecular weight is 262 g/mol. The molecule has 2 fully saturated rings. The molecule has 1 aromatic carbocycles. The highest BCUT2D eigenvalue weighted by Crippen LogP contribution is 2.50. The van der Waals surface area contributed by atoms with E-state index in [1.807, 2.05) is 11.8 Å². The number of fused-ring (bicyclic) bond motifs is 1. The lowest BCUT2D eigenvalue weighted by Gasteiger charge is -2.39. The summed E-state index contributed by atoms with van der Waals surface area (Å²) in [4.78, 5) is 1.33. The molecule has 0 aromatic heterocycles. The topological polar surface area (TPSA) is 20.2 Å². The molecule has 0 unspecified atom stereocenters. The molecule has 2 aliphatic carbocycles.